The van der Waals surface area contributed by atoms with Crippen molar-refractivity contribution in [3.63, 3.8) is 0 Å². The number of amides is 1. The van der Waals surface area contributed by atoms with Crippen molar-refractivity contribution in [3.8, 4) is 0 Å². The van der Waals surface area contributed by atoms with Gasteiger partial charge in [0.25, 0.3) is 0 Å². The molecule has 0 atom stereocenters. The topological polar surface area (TPSA) is 60.9 Å². The van der Waals surface area contributed by atoms with E-state index in [1.54, 1.807) is 0 Å². The van der Waals surface area contributed by atoms with Crippen LogP contribution in [-0.4, -0.2) is 48.1 Å². The molecule has 2 aliphatic rings. The summed E-state index contributed by atoms with van der Waals surface area (Å²) >= 11 is 0. The highest BCUT2D eigenvalue weighted by Crippen LogP contribution is 2.30. The fourth-order valence-electron chi connectivity index (χ4n) is 3.84. The smallest absolute Gasteiger partial charge is 0.306 e. The molecule has 0 aliphatic carbocycles. The van der Waals surface area contributed by atoms with E-state index in [1.807, 2.05) is 18.7 Å². The molecule has 5 nitrogen and oxygen atoms in total. The van der Waals surface area contributed by atoms with E-state index in [9.17, 15) is 9.59 Å². The molecule has 0 aromatic heterocycles. The normalized spacial score (nSPS) is 18.6. The monoisotopic (exact) mass is 344 g/mol. The number of aliphatic carboxylic acids is 1. The molecule has 1 amide bonds. The molecule has 136 valence electrons. The second-order valence-electron chi connectivity index (χ2n) is 7.56. The average molecular weight is 344 g/mol. The predicted octanol–water partition coefficient (Wildman–Crippen LogP) is 2.57. The molecule has 2 aliphatic heterocycles. The Morgan fingerprint density at radius 3 is 2.56 bits per heavy atom. The first-order valence-electron chi connectivity index (χ1n) is 9.34. The Hall–Kier alpha value is -1.88. The number of carbonyl (C=O) groups is 2. The lowest BCUT2D eigenvalue weighted by Crippen LogP contribution is -2.37. The number of carboxylic acids is 1. The van der Waals surface area contributed by atoms with Crippen molar-refractivity contribution in [3.05, 3.63) is 29.3 Å². The van der Waals surface area contributed by atoms with Crippen LogP contribution in [0.2, 0.25) is 0 Å². The molecule has 1 aromatic rings. The van der Waals surface area contributed by atoms with Crippen LogP contribution in [0.25, 0.3) is 0 Å². The molecule has 1 fully saturated rings. The van der Waals surface area contributed by atoms with Crippen molar-refractivity contribution in [1.82, 2.24) is 4.90 Å². The zero-order valence-electron chi connectivity index (χ0n) is 15.2. The van der Waals surface area contributed by atoms with Gasteiger partial charge in [-0.1, -0.05) is 26.0 Å². The zero-order chi connectivity index (χ0) is 18.0. The quantitative estimate of drug-likeness (QED) is 0.892. The standard InChI is InChI=1S/C20H28N2O3/c1-14(2)19(23)22-12-8-17-13-15(3-4-18(17)22)5-9-21-10-6-16(7-11-21)20(24)25/h3-4,13-14,16H,5-12H2,1-2H3,(H,24,25). The molecule has 0 bridgehead atoms. The molecule has 5 heteroatoms. The molecular formula is C20H28N2O3. The highest BCUT2D eigenvalue weighted by Gasteiger charge is 2.27. The summed E-state index contributed by atoms with van der Waals surface area (Å²) in [6.07, 6.45) is 3.42. The lowest BCUT2D eigenvalue weighted by molar-refractivity contribution is -0.143. The van der Waals surface area contributed by atoms with Gasteiger partial charge in [0.1, 0.15) is 0 Å². The van der Waals surface area contributed by atoms with Gasteiger partial charge in [-0.2, -0.15) is 0 Å². The van der Waals surface area contributed by atoms with Crippen molar-refractivity contribution < 1.29 is 14.7 Å². The summed E-state index contributed by atoms with van der Waals surface area (Å²) in [6, 6.07) is 6.47. The van der Waals surface area contributed by atoms with E-state index in [2.05, 4.69) is 23.1 Å². The highest BCUT2D eigenvalue weighted by molar-refractivity contribution is 5.96. The van der Waals surface area contributed by atoms with Gasteiger partial charge in [0, 0.05) is 24.7 Å². The number of rotatable bonds is 5. The van der Waals surface area contributed by atoms with Gasteiger partial charge < -0.3 is 14.9 Å². The Morgan fingerprint density at radius 2 is 1.92 bits per heavy atom. The van der Waals surface area contributed by atoms with Crippen molar-refractivity contribution in [1.29, 1.82) is 0 Å². The van der Waals surface area contributed by atoms with Gasteiger partial charge in [-0.3, -0.25) is 9.59 Å². The number of nitrogens with zero attached hydrogens (tertiary/aromatic N) is 2. The molecule has 1 saturated heterocycles. The van der Waals surface area contributed by atoms with Gasteiger partial charge in [0.05, 0.1) is 5.92 Å². The van der Waals surface area contributed by atoms with Crippen LogP contribution in [0.5, 0.6) is 0 Å². The Balaban J connectivity index is 1.55. The van der Waals surface area contributed by atoms with Crippen molar-refractivity contribution in [2.45, 2.75) is 39.5 Å². The predicted molar refractivity (Wildman–Crippen MR) is 97.8 cm³/mol. The maximum absolute atomic E-state index is 12.3. The Morgan fingerprint density at radius 1 is 1.20 bits per heavy atom. The molecule has 0 saturated carbocycles. The molecule has 2 heterocycles. The lowest BCUT2D eigenvalue weighted by Gasteiger charge is -2.30. The van der Waals surface area contributed by atoms with Crippen LogP contribution >= 0.6 is 0 Å². The number of piperidine rings is 1. The van der Waals surface area contributed by atoms with Crippen molar-refractivity contribution in [2.75, 3.05) is 31.1 Å². The Labute approximate surface area is 149 Å². The van der Waals surface area contributed by atoms with E-state index < -0.39 is 5.97 Å². The number of anilines is 1. The second kappa shape index (κ2) is 7.56. The van der Waals surface area contributed by atoms with Gasteiger partial charge in [-0.05, 0) is 56.0 Å². The fourth-order valence-corrected chi connectivity index (χ4v) is 3.84. The minimum absolute atomic E-state index is 0.0272. The number of hydrogen-bond acceptors (Lipinski definition) is 3. The third kappa shape index (κ3) is 4.03. The zero-order valence-corrected chi connectivity index (χ0v) is 15.2. The minimum atomic E-state index is -0.654. The second-order valence-corrected chi connectivity index (χ2v) is 7.56. The summed E-state index contributed by atoms with van der Waals surface area (Å²) in [6.45, 7) is 7.40. The summed E-state index contributed by atoms with van der Waals surface area (Å²) in [5.41, 5.74) is 3.65. The van der Waals surface area contributed by atoms with Crippen LogP contribution in [0, 0.1) is 11.8 Å². The summed E-state index contributed by atoms with van der Waals surface area (Å²) < 4.78 is 0. The van der Waals surface area contributed by atoms with Gasteiger partial charge >= 0.3 is 5.97 Å². The van der Waals surface area contributed by atoms with E-state index in [0.717, 1.165) is 57.5 Å². The first-order valence-corrected chi connectivity index (χ1v) is 9.34. The van der Waals surface area contributed by atoms with E-state index in [0.29, 0.717) is 0 Å². The molecule has 3 rings (SSSR count). The van der Waals surface area contributed by atoms with Crippen LogP contribution < -0.4 is 4.90 Å². The number of hydrogen-bond donors (Lipinski definition) is 1. The van der Waals surface area contributed by atoms with E-state index in [4.69, 9.17) is 5.11 Å². The number of likely N-dealkylation sites (tertiary alicyclic amines) is 1. The number of carbonyl (C=O) groups excluding carboxylic acids is 1. The van der Waals surface area contributed by atoms with Gasteiger partial charge in [-0.15, -0.1) is 0 Å². The first kappa shape index (κ1) is 17.9. The molecule has 0 radical (unpaired) electrons. The highest BCUT2D eigenvalue weighted by atomic mass is 16.4. The summed E-state index contributed by atoms with van der Waals surface area (Å²) in [5, 5.41) is 9.07. The van der Waals surface area contributed by atoms with E-state index >= 15 is 0 Å². The summed E-state index contributed by atoms with van der Waals surface area (Å²) in [5.74, 6) is -0.591. The van der Waals surface area contributed by atoms with Crippen LogP contribution in [0.3, 0.4) is 0 Å². The van der Waals surface area contributed by atoms with Gasteiger partial charge in [-0.25, -0.2) is 0 Å². The van der Waals surface area contributed by atoms with Crippen LogP contribution in [0.4, 0.5) is 5.69 Å². The average Bonchev–Trinajstić information content (AvgIpc) is 3.02. The minimum Gasteiger partial charge on any atom is -0.481 e. The van der Waals surface area contributed by atoms with Crippen LogP contribution in [0.15, 0.2) is 18.2 Å². The Kier molecular flexibility index (Phi) is 5.42. The Bertz CT molecular complexity index is 648. The fraction of sp³-hybridized carbons (Fsp3) is 0.600. The first-order chi connectivity index (χ1) is 12.0. The maximum Gasteiger partial charge on any atom is 0.306 e. The van der Waals surface area contributed by atoms with E-state index in [1.165, 1.54) is 11.1 Å². The van der Waals surface area contributed by atoms with Gasteiger partial charge in [0.15, 0.2) is 0 Å². The number of fused-ring (bicyclic) bond motifs is 1. The molecule has 0 spiro atoms. The molecule has 1 N–H and O–H groups in total. The summed E-state index contributed by atoms with van der Waals surface area (Å²) in [7, 11) is 0. The number of carboxylic acid groups (broad SMARTS) is 1. The molecule has 25 heavy (non-hydrogen) atoms. The molecule has 1 aromatic carbocycles. The molecule has 0 unspecified atom stereocenters. The van der Waals surface area contributed by atoms with Crippen LogP contribution in [0.1, 0.15) is 37.8 Å². The maximum atomic E-state index is 12.3. The van der Waals surface area contributed by atoms with Gasteiger partial charge in [0.2, 0.25) is 5.91 Å². The van der Waals surface area contributed by atoms with Crippen molar-refractivity contribution >= 4 is 17.6 Å². The lowest BCUT2D eigenvalue weighted by atomic mass is 9.96. The van der Waals surface area contributed by atoms with Crippen molar-refractivity contribution in [2.24, 2.45) is 11.8 Å². The summed E-state index contributed by atoms with van der Waals surface area (Å²) in [4.78, 5) is 27.6. The SMILES string of the molecule is CC(C)C(=O)N1CCc2cc(CCN3CCC(C(=O)O)CC3)ccc21. The molecular weight excluding hydrogens is 316 g/mol. The van der Waals surface area contributed by atoms with Crippen LogP contribution in [-0.2, 0) is 22.4 Å². The number of benzene rings is 1. The largest absolute Gasteiger partial charge is 0.481 e. The third-order valence-electron chi connectivity index (χ3n) is 5.45. The third-order valence-corrected chi connectivity index (χ3v) is 5.45. The van der Waals surface area contributed by atoms with E-state index in [-0.39, 0.29) is 17.7 Å².